The second-order valence-electron chi connectivity index (χ2n) is 9.70. The first-order valence-electron chi connectivity index (χ1n) is 12.1. The average molecular weight is 502 g/mol. The number of methoxy groups -OCH3 is 1. The first kappa shape index (κ1) is 25.8. The van der Waals surface area contributed by atoms with Gasteiger partial charge in [-0.15, -0.1) is 0 Å². The Morgan fingerprint density at radius 3 is 2.06 bits per heavy atom. The van der Waals surface area contributed by atoms with E-state index < -0.39 is 19.5 Å². The summed E-state index contributed by atoms with van der Waals surface area (Å²) in [7, 11) is -1.61. The lowest BCUT2D eigenvalue weighted by molar-refractivity contribution is 0.154. The SMILES string of the molecule is COc1ccc(F)c(-c2ccc(C(O)CCC(C)(C)[Si](O)(c3ccccc3)c3ccccc3)nc2)c1. The Kier molecular flexibility index (Phi) is 7.69. The molecule has 0 aliphatic carbocycles. The van der Waals surface area contributed by atoms with E-state index in [-0.39, 0.29) is 5.82 Å². The van der Waals surface area contributed by atoms with Gasteiger partial charge in [-0.3, -0.25) is 4.98 Å². The summed E-state index contributed by atoms with van der Waals surface area (Å²) in [6, 6.07) is 27.8. The van der Waals surface area contributed by atoms with Crippen LogP contribution in [0.4, 0.5) is 4.39 Å². The summed E-state index contributed by atoms with van der Waals surface area (Å²) in [5.74, 6) is 0.199. The van der Waals surface area contributed by atoms with Crippen LogP contribution in [0.15, 0.2) is 97.2 Å². The van der Waals surface area contributed by atoms with E-state index in [1.165, 1.54) is 13.2 Å². The van der Waals surface area contributed by atoms with Gasteiger partial charge in [0.1, 0.15) is 11.6 Å². The summed E-state index contributed by atoms with van der Waals surface area (Å²) < 4.78 is 19.5. The van der Waals surface area contributed by atoms with E-state index in [0.717, 1.165) is 10.4 Å². The molecular weight excluding hydrogens is 469 g/mol. The number of nitrogens with zero attached hydrogens (tertiary/aromatic N) is 1. The lowest BCUT2D eigenvalue weighted by Gasteiger charge is -2.41. The molecule has 0 saturated carbocycles. The molecule has 1 atom stereocenters. The quantitative estimate of drug-likeness (QED) is 0.308. The molecule has 4 nitrogen and oxygen atoms in total. The van der Waals surface area contributed by atoms with E-state index >= 15 is 0 Å². The summed E-state index contributed by atoms with van der Waals surface area (Å²) in [6.07, 6.45) is 1.79. The van der Waals surface area contributed by atoms with Crippen LogP contribution < -0.4 is 15.1 Å². The largest absolute Gasteiger partial charge is 0.497 e. The first-order valence-corrected chi connectivity index (χ1v) is 14.0. The molecule has 36 heavy (non-hydrogen) atoms. The maximum absolute atomic E-state index is 14.3. The van der Waals surface area contributed by atoms with Crippen LogP contribution in [0.5, 0.6) is 5.75 Å². The van der Waals surface area contributed by atoms with Crippen molar-refractivity contribution in [3.8, 4) is 16.9 Å². The van der Waals surface area contributed by atoms with E-state index in [1.54, 1.807) is 30.5 Å². The van der Waals surface area contributed by atoms with E-state index in [1.807, 2.05) is 60.7 Å². The highest BCUT2D eigenvalue weighted by atomic mass is 28.4. The van der Waals surface area contributed by atoms with Crippen molar-refractivity contribution >= 4 is 18.7 Å². The summed E-state index contributed by atoms with van der Waals surface area (Å²) >= 11 is 0. The number of rotatable bonds is 9. The Morgan fingerprint density at radius 1 is 0.917 bits per heavy atom. The molecule has 3 aromatic carbocycles. The Bertz CT molecular complexity index is 1240. The molecule has 4 aromatic rings. The van der Waals surface area contributed by atoms with Crippen molar-refractivity contribution in [1.29, 1.82) is 0 Å². The third-order valence-corrected chi connectivity index (χ3v) is 11.6. The summed E-state index contributed by atoms with van der Waals surface area (Å²) in [5.41, 5.74) is 1.52. The van der Waals surface area contributed by atoms with Gasteiger partial charge in [-0.2, -0.15) is 0 Å². The zero-order valence-corrected chi connectivity index (χ0v) is 21.9. The molecule has 4 rings (SSSR count). The Hall–Kier alpha value is -3.32. The zero-order valence-electron chi connectivity index (χ0n) is 20.9. The van der Waals surface area contributed by atoms with Crippen LogP contribution >= 0.6 is 0 Å². The lowest BCUT2D eigenvalue weighted by atomic mass is 10.0. The molecule has 0 aliphatic heterocycles. The van der Waals surface area contributed by atoms with E-state index in [4.69, 9.17) is 4.74 Å². The van der Waals surface area contributed by atoms with Crippen molar-refractivity contribution in [2.24, 2.45) is 0 Å². The molecule has 0 bridgehead atoms. The van der Waals surface area contributed by atoms with Crippen LogP contribution in [0.3, 0.4) is 0 Å². The fourth-order valence-electron chi connectivity index (χ4n) is 4.75. The Balaban J connectivity index is 1.54. The molecule has 0 fully saturated rings. The summed E-state index contributed by atoms with van der Waals surface area (Å²) in [4.78, 5) is 16.7. The van der Waals surface area contributed by atoms with Gasteiger partial charge in [0.2, 0.25) is 0 Å². The van der Waals surface area contributed by atoms with Crippen LogP contribution in [-0.2, 0) is 0 Å². The predicted molar refractivity (Wildman–Crippen MR) is 145 cm³/mol. The molecule has 6 heteroatoms. The maximum atomic E-state index is 14.3. The van der Waals surface area contributed by atoms with Crippen molar-refractivity contribution in [3.05, 3.63) is 109 Å². The highest BCUT2D eigenvalue weighted by Gasteiger charge is 2.49. The average Bonchev–Trinajstić information content (AvgIpc) is 2.92. The molecule has 0 amide bonds. The smallest absolute Gasteiger partial charge is 0.258 e. The van der Waals surface area contributed by atoms with Gasteiger partial charge in [-0.25, -0.2) is 4.39 Å². The number of aliphatic hydroxyl groups excluding tert-OH is 1. The van der Waals surface area contributed by atoms with Crippen LogP contribution in [0.1, 0.15) is 38.5 Å². The van der Waals surface area contributed by atoms with Crippen molar-refractivity contribution < 1.29 is 19.0 Å². The van der Waals surface area contributed by atoms with Gasteiger partial charge in [0.05, 0.1) is 18.9 Å². The second-order valence-corrected chi connectivity index (χ2v) is 13.6. The fourth-order valence-corrected chi connectivity index (χ4v) is 8.50. The number of halogens is 1. The molecule has 0 radical (unpaired) electrons. The summed E-state index contributed by atoms with van der Waals surface area (Å²) in [6.45, 7) is 4.15. The van der Waals surface area contributed by atoms with Crippen LogP contribution in [0, 0.1) is 5.82 Å². The van der Waals surface area contributed by atoms with Gasteiger partial charge < -0.3 is 14.6 Å². The molecule has 1 aromatic heterocycles. The number of aliphatic hydroxyl groups is 1. The number of ether oxygens (including phenoxy) is 1. The third kappa shape index (κ3) is 5.12. The molecule has 1 unspecified atom stereocenters. The fraction of sp³-hybridized carbons (Fsp3) is 0.233. The second kappa shape index (κ2) is 10.7. The minimum Gasteiger partial charge on any atom is -0.497 e. The molecule has 186 valence electrons. The molecule has 2 N–H and O–H groups in total. The highest BCUT2D eigenvalue weighted by molar-refractivity contribution is 6.98. The Morgan fingerprint density at radius 2 is 1.53 bits per heavy atom. The number of hydrogen-bond acceptors (Lipinski definition) is 4. The highest BCUT2D eigenvalue weighted by Crippen LogP contribution is 2.41. The molecule has 0 saturated heterocycles. The van der Waals surface area contributed by atoms with E-state index in [9.17, 15) is 14.3 Å². The minimum absolute atomic E-state index is 0.362. The topological polar surface area (TPSA) is 62.6 Å². The van der Waals surface area contributed by atoms with E-state index in [2.05, 4.69) is 18.8 Å². The normalized spacial score (nSPS) is 12.8. The van der Waals surface area contributed by atoms with Gasteiger partial charge in [-0.1, -0.05) is 80.6 Å². The van der Waals surface area contributed by atoms with Gasteiger partial charge in [0.15, 0.2) is 0 Å². The van der Waals surface area contributed by atoms with Crippen molar-refractivity contribution in [3.63, 3.8) is 0 Å². The van der Waals surface area contributed by atoms with Gasteiger partial charge >= 0.3 is 0 Å². The number of pyridine rings is 1. The van der Waals surface area contributed by atoms with Crippen LogP contribution in [0.25, 0.3) is 11.1 Å². The third-order valence-electron chi connectivity index (χ3n) is 7.02. The number of benzene rings is 3. The van der Waals surface area contributed by atoms with Crippen molar-refractivity contribution in [2.75, 3.05) is 7.11 Å². The van der Waals surface area contributed by atoms with E-state index in [0.29, 0.717) is 35.4 Å². The van der Waals surface area contributed by atoms with Gasteiger partial charge in [0.25, 0.3) is 8.32 Å². The number of hydrogen-bond donors (Lipinski definition) is 2. The Labute approximate surface area is 213 Å². The van der Waals surface area contributed by atoms with Crippen LogP contribution in [0.2, 0.25) is 5.04 Å². The van der Waals surface area contributed by atoms with Crippen molar-refractivity contribution in [2.45, 2.75) is 37.8 Å². The maximum Gasteiger partial charge on any atom is 0.258 e. The number of aromatic nitrogens is 1. The minimum atomic E-state index is -3.15. The molecular formula is C30H32FNO3Si. The van der Waals surface area contributed by atoms with Gasteiger partial charge in [-0.05, 0) is 52.5 Å². The van der Waals surface area contributed by atoms with Gasteiger partial charge in [0, 0.05) is 17.3 Å². The monoisotopic (exact) mass is 501 g/mol. The first-order chi connectivity index (χ1) is 17.3. The standard InChI is InChI=1S/C30H32FNO3Si/c1-30(2,36(34,24-10-6-4-7-11-24)25-12-8-5-9-13-25)19-18-29(33)28-17-14-22(21-32-28)26-20-23(35-3)15-16-27(26)31/h4-17,20-21,29,33-34H,18-19H2,1-3H3. The molecule has 0 aliphatic rings. The predicted octanol–water partition coefficient (Wildman–Crippen LogP) is 5.24. The van der Waals surface area contributed by atoms with Crippen LogP contribution in [-0.4, -0.2) is 30.3 Å². The molecule has 1 heterocycles. The molecule has 0 spiro atoms. The zero-order chi connectivity index (χ0) is 25.8. The summed E-state index contributed by atoms with van der Waals surface area (Å²) in [5, 5.41) is 12.4. The lowest BCUT2D eigenvalue weighted by Crippen LogP contribution is -2.65. The van der Waals surface area contributed by atoms with Crippen molar-refractivity contribution in [1.82, 2.24) is 4.98 Å².